The van der Waals surface area contributed by atoms with Gasteiger partial charge in [0, 0.05) is 19.1 Å². The number of carbonyl (C=O) groups excluding carboxylic acids is 1. The number of furan rings is 1. The Kier molecular flexibility index (Phi) is 8.56. The van der Waals surface area contributed by atoms with E-state index in [1.54, 1.807) is 19.2 Å². The molecule has 1 aliphatic heterocycles. The van der Waals surface area contributed by atoms with Gasteiger partial charge in [-0.05, 0) is 63.5 Å². The van der Waals surface area contributed by atoms with Crippen LogP contribution in [-0.4, -0.2) is 39.3 Å². The number of ether oxygens (including phenoxy) is 2. The number of amides is 1. The van der Waals surface area contributed by atoms with Gasteiger partial charge in [0.2, 0.25) is 0 Å². The Labute approximate surface area is 178 Å². The van der Waals surface area contributed by atoms with Crippen molar-refractivity contribution in [1.29, 1.82) is 0 Å². The molecule has 0 saturated carbocycles. The highest BCUT2D eigenvalue weighted by atomic mass is 35.5. The molecular weight excluding hydrogens is 392 g/mol. The van der Waals surface area contributed by atoms with Gasteiger partial charge in [-0.2, -0.15) is 0 Å². The van der Waals surface area contributed by atoms with Crippen LogP contribution in [0.25, 0.3) is 0 Å². The average Bonchev–Trinajstić information content (AvgIpc) is 3.16. The van der Waals surface area contributed by atoms with Crippen molar-refractivity contribution in [3.63, 3.8) is 0 Å². The zero-order chi connectivity index (χ0) is 20.0. The zero-order valence-corrected chi connectivity index (χ0v) is 18.2. The standard InChI is InChI=1S/C22H30N2O4.ClH/c1-16-4-6-19(17(2)12-16)27-13-18-5-7-20(28-18)21(25)24-14-22(15-26-3)8-10-23-11-9-22;/h4-7,12,23H,8-11,13-15H2,1-3H3,(H,24,25);1H. The molecule has 0 aliphatic carbocycles. The number of methoxy groups -OCH3 is 1. The van der Waals surface area contributed by atoms with Crippen LogP contribution in [0.3, 0.4) is 0 Å². The van der Waals surface area contributed by atoms with Gasteiger partial charge >= 0.3 is 0 Å². The van der Waals surface area contributed by atoms with E-state index in [1.165, 1.54) is 5.56 Å². The molecule has 1 aromatic heterocycles. The number of halogens is 1. The number of hydrogen-bond donors (Lipinski definition) is 2. The number of rotatable bonds is 8. The van der Waals surface area contributed by atoms with Crippen molar-refractivity contribution in [2.75, 3.05) is 33.4 Å². The number of carbonyl (C=O) groups is 1. The monoisotopic (exact) mass is 422 g/mol. The number of benzene rings is 1. The smallest absolute Gasteiger partial charge is 0.287 e. The van der Waals surface area contributed by atoms with Crippen molar-refractivity contribution in [2.24, 2.45) is 5.41 Å². The number of piperidine rings is 1. The fourth-order valence-electron chi connectivity index (χ4n) is 3.68. The lowest BCUT2D eigenvalue weighted by Gasteiger charge is -2.37. The molecule has 29 heavy (non-hydrogen) atoms. The first-order valence-electron chi connectivity index (χ1n) is 9.78. The second kappa shape index (κ2) is 10.7. The Morgan fingerprint density at radius 3 is 2.66 bits per heavy atom. The molecule has 7 heteroatoms. The van der Waals surface area contributed by atoms with Gasteiger partial charge in [0.05, 0.1) is 6.61 Å². The third-order valence-corrected chi connectivity index (χ3v) is 5.32. The van der Waals surface area contributed by atoms with Crippen LogP contribution in [0.15, 0.2) is 34.7 Å². The summed E-state index contributed by atoms with van der Waals surface area (Å²) < 4.78 is 16.9. The maximum Gasteiger partial charge on any atom is 0.287 e. The molecule has 160 valence electrons. The highest BCUT2D eigenvalue weighted by Gasteiger charge is 2.32. The second-order valence-electron chi connectivity index (χ2n) is 7.69. The summed E-state index contributed by atoms with van der Waals surface area (Å²) >= 11 is 0. The summed E-state index contributed by atoms with van der Waals surface area (Å²) in [6, 6.07) is 9.53. The zero-order valence-electron chi connectivity index (χ0n) is 17.4. The number of aryl methyl sites for hydroxylation is 2. The maximum atomic E-state index is 12.5. The molecule has 1 fully saturated rings. The predicted octanol–water partition coefficient (Wildman–Crippen LogP) is 3.64. The van der Waals surface area contributed by atoms with Gasteiger partial charge in [0.1, 0.15) is 18.1 Å². The molecular formula is C22H31ClN2O4. The summed E-state index contributed by atoms with van der Waals surface area (Å²) in [5.41, 5.74) is 2.26. The minimum atomic E-state index is -0.202. The van der Waals surface area contributed by atoms with Gasteiger partial charge in [-0.15, -0.1) is 12.4 Å². The largest absolute Gasteiger partial charge is 0.485 e. The van der Waals surface area contributed by atoms with E-state index in [1.807, 2.05) is 19.1 Å². The van der Waals surface area contributed by atoms with E-state index in [9.17, 15) is 4.79 Å². The lowest BCUT2D eigenvalue weighted by molar-refractivity contribution is 0.0505. The van der Waals surface area contributed by atoms with Crippen molar-refractivity contribution < 1.29 is 18.7 Å². The van der Waals surface area contributed by atoms with Crippen molar-refractivity contribution in [1.82, 2.24) is 10.6 Å². The topological polar surface area (TPSA) is 72.7 Å². The van der Waals surface area contributed by atoms with Gasteiger partial charge in [0.15, 0.2) is 5.76 Å². The number of hydrogen-bond acceptors (Lipinski definition) is 5. The third kappa shape index (κ3) is 6.23. The van der Waals surface area contributed by atoms with E-state index in [0.717, 1.165) is 37.2 Å². The molecule has 0 radical (unpaired) electrons. The summed E-state index contributed by atoms with van der Waals surface area (Å²) in [7, 11) is 1.71. The molecule has 0 bridgehead atoms. The van der Waals surface area contributed by atoms with E-state index < -0.39 is 0 Å². The third-order valence-electron chi connectivity index (χ3n) is 5.32. The van der Waals surface area contributed by atoms with Gasteiger partial charge in [-0.25, -0.2) is 0 Å². The molecule has 2 N–H and O–H groups in total. The van der Waals surface area contributed by atoms with Crippen LogP contribution in [0, 0.1) is 19.3 Å². The molecule has 1 aromatic carbocycles. The first kappa shape index (κ1) is 23.3. The second-order valence-corrected chi connectivity index (χ2v) is 7.69. The summed E-state index contributed by atoms with van der Waals surface area (Å²) in [5, 5.41) is 6.37. The van der Waals surface area contributed by atoms with Gasteiger partial charge in [-0.1, -0.05) is 17.7 Å². The van der Waals surface area contributed by atoms with Crippen LogP contribution < -0.4 is 15.4 Å². The van der Waals surface area contributed by atoms with Gasteiger partial charge in [-0.3, -0.25) is 4.79 Å². The van der Waals surface area contributed by atoms with Crippen LogP contribution in [0.4, 0.5) is 0 Å². The van der Waals surface area contributed by atoms with Crippen molar-refractivity contribution in [3.8, 4) is 5.75 Å². The molecule has 0 atom stereocenters. The summed E-state index contributed by atoms with van der Waals surface area (Å²) in [6.45, 7) is 7.46. The van der Waals surface area contributed by atoms with Crippen molar-refractivity contribution in [3.05, 3.63) is 53.0 Å². The first-order valence-corrected chi connectivity index (χ1v) is 9.78. The highest BCUT2D eigenvalue weighted by molar-refractivity contribution is 5.91. The van der Waals surface area contributed by atoms with Gasteiger partial charge in [0.25, 0.3) is 5.91 Å². The Hall–Kier alpha value is -2.02. The maximum absolute atomic E-state index is 12.5. The minimum absolute atomic E-state index is 0. The quantitative estimate of drug-likeness (QED) is 0.679. The van der Waals surface area contributed by atoms with Crippen LogP contribution in [0.5, 0.6) is 5.75 Å². The summed E-state index contributed by atoms with van der Waals surface area (Å²) in [6.07, 6.45) is 1.96. The van der Waals surface area contributed by atoms with Gasteiger partial charge < -0.3 is 24.5 Å². The molecule has 1 amide bonds. The van der Waals surface area contributed by atoms with Crippen molar-refractivity contribution >= 4 is 18.3 Å². The Morgan fingerprint density at radius 1 is 1.21 bits per heavy atom. The van der Waals surface area contributed by atoms with E-state index in [4.69, 9.17) is 13.9 Å². The van der Waals surface area contributed by atoms with Crippen molar-refractivity contribution in [2.45, 2.75) is 33.3 Å². The molecule has 3 rings (SSSR count). The lowest BCUT2D eigenvalue weighted by atomic mass is 9.79. The summed E-state index contributed by atoms with van der Waals surface area (Å²) in [4.78, 5) is 12.5. The fraction of sp³-hybridized carbons (Fsp3) is 0.500. The molecule has 2 heterocycles. The van der Waals surface area contributed by atoms with E-state index in [2.05, 4.69) is 23.6 Å². The number of nitrogens with one attached hydrogen (secondary N) is 2. The van der Waals surface area contributed by atoms with E-state index >= 15 is 0 Å². The molecule has 0 unspecified atom stereocenters. The fourth-order valence-corrected chi connectivity index (χ4v) is 3.68. The molecule has 1 saturated heterocycles. The normalized spacial score (nSPS) is 15.4. The first-order chi connectivity index (χ1) is 13.5. The summed E-state index contributed by atoms with van der Waals surface area (Å²) in [5.74, 6) is 1.55. The molecule has 6 nitrogen and oxygen atoms in total. The Morgan fingerprint density at radius 2 is 1.97 bits per heavy atom. The predicted molar refractivity (Wildman–Crippen MR) is 115 cm³/mol. The molecule has 0 spiro atoms. The van der Waals surface area contributed by atoms with Crippen LogP contribution in [0.1, 0.15) is 40.3 Å². The highest BCUT2D eigenvalue weighted by Crippen LogP contribution is 2.28. The molecule has 2 aromatic rings. The Balaban J connectivity index is 0.00000300. The minimum Gasteiger partial charge on any atom is -0.485 e. The van der Waals surface area contributed by atoms with Crippen LogP contribution in [0.2, 0.25) is 0 Å². The van der Waals surface area contributed by atoms with E-state index in [0.29, 0.717) is 24.7 Å². The lowest BCUT2D eigenvalue weighted by Crippen LogP contribution is -2.47. The Bertz CT molecular complexity index is 794. The van der Waals surface area contributed by atoms with Crippen LogP contribution >= 0.6 is 12.4 Å². The SMILES string of the molecule is COCC1(CNC(=O)c2ccc(COc3ccc(C)cc3C)o2)CCNCC1.Cl. The average molecular weight is 423 g/mol. The van der Waals surface area contributed by atoms with Crippen LogP contribution in [-0.2, 0) is 11.3 Å². The van der Waals surface area contributed by atoms with E-state index in [-0.39, 0.29) is 30.3 Å². The molecule has 1 aliphatic rings.